The summed E-state index contributed by atoms with van der Waals surface area (Å²) in [6.45, 7) is 0. The van der Waals surface area contributed by atoms with Crippen LogP contribution in [0.4, 0.5) is 5.69 Å². The van der Waals surface area contributed by atoms with Gasteiger partial charge in [0.2, 0.25) is 0 Å². The summed E-state index contributed by atoms with van der Waals surface area (Å²) >= 11 is 6.76. The van der Waals surface area contributed by atoms with Crippen molar-refractivity contribution in [1.29, 1.82) is 0 Å². The first-order valence-electron chi connectivity index (χ1n) is 6.43. The first-order chi connectivity index (χ1) is 11.0. The van der Waals surface area contributed by atoms with Gasteiger partial charge >= 0.3 is 0 Å². The van der Waals surface area contributed by atoms with E-state index in [4.69, 9.17) is 16.3 Å². The first kappa shape index (κ1) is 15.4. The van der Waals surface area contributed by atoms with Crippen molar-refractivity contribution in [2.45, 2.75) is 0 Å². The predicted octanol–water partition coefficient (Wildman–Crippen LogP) is 4.26. The third-order valence-corrected chi connectivity index (χ3v) is 4.52. The van der Waals surface area contributed by atoms with Crippen molar-refractivity contribution in [2.75, 3.05) is 7.11 Å². The quantitative estimate of drug-likeness (QED) is 0.399. The van der Waals surface area contributed by atoms with E-state index in [1.54, 1.807) is 19.2 Å². The summed E-state index contributed by atoms with van der Waals surface area (Å²) < 4.78 is 6.07. The minimum atomic E-state index is -0.864. The molecular formula is C15H9ClN2O4S. The molecule has 0 amide bonds. The zero-order valence-corrected chi connectivity index (χ0v) is 13.4. The van der Waals surface area contributed by atoms with Crippen LogP contribution in [0.25, 0.3) is 20.8 Å². The highest BCUT2D eigenvalue weighted by molar-refractivity contribution is 7.21. The third kappa shape index (κ3) is 2.88. The molecule has 23 heavy (non-hydrogen) atoms. The number of nitrogens with zero attached hydrogens (tertiary/aromatic N) is 2. The highest BCUT2D eigenvalue weighted by Crippen LogP contribution is 2.34. The molecule has 2 aromatic carbocycles. The number of carbonyl (C=O) groups excluding carboxylic acids is 1. The SMILES string of the molecule is COc1ccc2nc(-c3ccc(C(=O)Cl)c([N+](=O)[O-])c3)sc2c1. The van der Waals surface area contributed by atoms with Crippen molar-refractivity contribution in [1.82, 2.24) is 4.98 Å². The molecule has 0 unspecified atom stereocenters. The van der Waals surface area contributed by atoms with Crippen molar-refractivity contribution in [3.8, 4) is 16.3 Å². The smallest absolute Gasteiger partial charge is 0.282 e. The topological polar surface area (TPSA) is 82.3 Å². The molecule has 0 radical (unpaired) electrons. The number of thiazole rings is 1. The Morgan fingerprint density at radius 3 is 2.74 bits per heavy atom. The molecule has 0 fully saturated rings. The summed E-state index contributed by atoms with van der Waals surface area (Å²) in [5.74, 6) is 0.710. The van der Waals surface area contributed by atoms with Crippen LogP contribution in [-0.4, -0.2) is 22.3 Å². The number of hydrogen-bond acceptors (Lipinski definition) is 6. The van der Waals surface area contributed by atoms with Crippen LogP contribution in [0.3, 0.4) is 0 Å². The van der Waals surface area contributed by atoms with Gasteiger partial charge in [-0.2, -0.15) is 0 Å². The van der Waals surface area contributed by atoms with Crippen LogP contribution in [0.1, 0.15) is 10.4 Å². The Bertz CT molecular complexity index is 938. The fourth-order valence-corrected chi connectivity index (χ4v) is 3.29. The van der Waals surface area contributed by atoms with Crippen LogP contribution in [0.5, 0.6) is 5.75 Å². The van der Waals surface area contributed by atoms with Gasteiger partial charge in [-0.25, -0.2) is 4.98 Å². The Kier molecular flexibility index (Phi) is 3.97. The lowest BCUT2D eigenvalue weighted by atomic mass is 10.1. The molecule has 0 saturated heterocycles. The number of nitro benzene ring substituents is 1. The molecule has 116 valence electrons. The summed E-state index contributed by atoms with van der Waals surface area (Å²) in [4.78, 5) is 26.2. The average molecular weight is 349 g/mol. The molecule has 0 aliphatic carbocycles. The molecule has 0 aliphatic rings. The second-order valence-corrected chi connectivity index (χ2v) is 5.99. The molecule has 0 bridgehead atoms. The molecule has 0 N–H and O–H groups in total. The maximum Gasteiger partial charge on any atom is 0.282 e. The summed E-state index contributed by atoms with van der Waals surface area (Å²) in [5, 5.41) is 10.9. The molecule has 3 aromatic rings. The van der Waals surface area contributed by atoms with Crippen LogP contribution >= 0.6 is 22.9 Å². The number of halogens is 1. The number of benzene rings is 2. The van der Waals surface area contributed by atoms with E-state index in [0.29, 0.717) is 16.3 Å². The largest absolute Gasteiger partial charge is 0.497 e. The van der Waals surface area contributed by atoms with Gasteiger partial charge in [0.05, 0.1) is 22.2 Å². The minimum Gasteiger partial charge on any atom is -0.497 e. The van der Waals surface area contributed by atoms with Crippen LogP contribution in [0.2, 0.25) is 0 Å². The van der Waals surface area contributed by atoms with Gasteiger partial charge in [0, 0.05) is 11.6 Å². The van der Waals surface area contributed by atoms with Gasteiger partial charge in [0.25, 0.3) is 10.9 Å². The Hall–Kier alpha value is -2.51. The molecule has 3 rings (SSSR count). The summed E-state index contributed by atoms with van der Waals surface area (Å²) in [6.07, 6.45) is 0. The zero-order chi connectivity index (χ0) is 16.6. The molecule has 6 nitrogen and oxygen atoms in total. The molecule has 0 saturated carbocycles. The predicted molar refractivity (Wildman–Crippen MR) is 88.4 cm³/mol. The van der Waals surface area contributed by atoms with Crippen LogP contribution in [0.15, 0.2) is 36.4 Å². The van der Waals surface area contributed by atoms with E-state index in [-0.39, 0.29) is 11.3 Å². The maximum absolute atomic E-state index is 11.3. The normalized spacial score (nSPS) is 10.7. The fourth-order valence-electron chi connectivity index (χ4n) is 2.14. The van der Waals surface area contributed by atoms with Gasteiger partial charge < -0.3 is 4.74 Å². The van der Waals surface area contributed by atoms with E-state index in [9.17, 15) is 14.9 Å². The van der Waals surface area contributed by atoms with E-state index < -0.39 is 10.2 Å². The van der Waals surface area contributed by atoms with E-state index in [1.807, 2.05) is 12.1 Å². The summed E-state index contributed by atoms with van der Waals surface area (Å²) in [6, 6.07) is 9.71. The van der Waals surface area contributed by atoms with E-state index in [1.165, 1.54) is 23.5 Å². The lowest BCUT2D eigenvalue weighted by molar-refractivity contribution is -0.385. The highest BCUT2D eigenvalue weighted by Gasteiger charge is 2.20. The number of ether oxygens (including phenoxy) is 1. The van der Waals surface area contributed by atoms with Gasteiger partial charge in [-0.3, -0.25) is 14.9 Å². The average Bonchev–Trinajstić information content (AvgIpc) is 2.96. The lowest BCUT2D eigenvalue weighted by Gasteiger charge is -2.00. The number of nitro groups is 1. The molecule has 1 heterocycles. The van der Waals surface area contributed by atoms with Crippen LogP contribution in [0, 0.1) is 10.1 Å². The van der Waals surface area contributed by atoms with E-state index in [0.717, 1.165) is 10.2 Å². The second-order valence-electron chi connectivity index (χ2n) is 4.62. The van der Waals surface area contributed by atoms with Crippen molar-refractivity contribution >= 4 is 44.1 Å². The van der Waals surface area contributed by atoms with E-state index >= 15 is 0 Å². The van der Waals surface area contributed by atoms with Gasteiger partial charge in [-0.1, -0.05) is 6.07 Å². The van der Waals surface area contributed by atoms with Crippen LogP contribution in [-0.2, 0) is 0 Å². The standard InChI is InChI=1S/C15H9ClN2O4S/c1-22-9-3-5-11-13(7-9)23-15(17-11)8-2-4-10(14(16)19)12(6-8)18(20)21/h2-7H,1H3. The lowest BCUT2D eigenvalue weighted by Crippen LogP contribution is -1.98. The van der Waals surface area contributed by atoms with Crippen molar-refractivity contribution in [3.05, 3.63) is 52.1 Å². The number of carbonyl (C=O) groups is 1. The molecular weight excluding hydrogens is 340 g/mol. The Balaban J connectivity index is 2.13. The van der Waals surface area contributed by atoms with Gasteiger partial charge in [0.15, 0.2) is 0 Å². The van der Waals surface area contributed by atoms with Crippen molar-refractivity contribution in [2.24, 2.45) is 0 Å². The molecule has 8 heteroatoms. The third-order valence-electron chi connectivity index (χ3n) is 3.25. The first-order valence-corrected chi connectivity index (χ1v) is 7.62. The van der Waals surface area contributed by atoms with Gasteiger partial charge in [-0.05, 0) is 35.9 Å². The van der Waals surface area contributed by atoms with E-state index in [2.05, 4.69) is 4.98 Å². The maximum atomic E-state index is 11.3. The minimum absolute atomic E-state index is 0.136. The Morgan fingerprint density at radius 1 is 1.30 bits per heavy atom. The monoisotopic (exact) mass is 348 g/mol. The number of methoxy groups -OCH3 is 1. The van der Waals surface area contributed by atoms with Gasteiger partial charge in [0.1, 0.15) is 16.3 Å². The highest BCUT2D eigenvalue weighted by atomic mass is 35.5. The summed E-state index contributed by atoms with van der Waals surface area (Å²) in [5.41, 5.74) is 0.854. The molecule has 0 aliphatic heterocycles. The molecule has 0 atom stereocenters. The molecule has 1 aromatic heterocycles. The number of aromatic nitrogens is 1. The Labute approximate surface area is 139 Å². The Morgan fingerprint density at radius 2 is 2.09 bits per heavy atom. The summed E-state index contributed by atoms with van der Waals surface area (Å²) in [7, 11) is 1.58. The number of rotatable bonds is 4. The van der Waals surface area contributed by atoms with Gasteiger partial charge in [-0.15, -0.1) is 11.3 Å². The fraction of sp³-hybridized carbons (Fsp3) is 0.0667. The zero-order valence-electron chi connectivity index (χ0n) is 11.8. The van der Waals surface area contributed by atoms with Crippen LogP contribution < -0.4 is 4.74 Å². The molecule has 0 spiro atoms. The van der Waals surface area contributed by atoms with Crippen molar-refractivity contribution in [3.63, 3.8) is 0 Å². The number of hydrogen-bond donors (Lipinski definition) is 0. The van der Waals surface area contributed by atoms with Crippen molar-refractivity contribution < 1.29 is 14.5 Å². The number of fused-ring (bicyclic) bond motifs is 1. The second kappa shape index (κ2) is 5.94.